The zero-order valence-corrected chi connectivity index (χ0v) is 11.6. The van der Waals surface area contributed by atoms with Crippen LogP contribution in [-0.4, -0.2) is 21.4 Å². The van der Waals surface area contributed by atoms with E-state index in [1.54, 1.807) is 5.38 Å². The minimum Gasteiger partial charge on any atom is -0.436 e. The van der Waals surface area contributed by atoms with Crippen LogP contribution in [0.15, 0.2) is 28.6 Å². The summed E-state index contributed by atoms with van der Waals surface area (Å²) in [6.45, 7) is 0. The van der Waals surface area contributed by atoms with Gasteiger partial charge in [-0.2, -0.15) is 0 Å². The Kier molecular flexibility index (Phi) is 3.97. The molecule has 0 aliphatic carbocycles. The number of halogens is 2. The fourth-order valence-electron chi connectivity index (χ4n) is 1.29. The molecule has 2 aromatic rings. The highest BCUT2D eigenvalue weighted by atomic mass is 35.5. The number of aromatic nitrogens is 1. The van der Waals surface area contributed by atoms with Crippen molar-refractivity contribution in [2.75, 3.05) is 9.95 Å². The molecule has 0 saturated heterocycles. The minimum atomic E-state index is -4.09. The molecular formula is C9H6BClFN3O2S2. The number of nitrogens with zero attached hydrogens (tertiary/aromatic N) is 1. The van der Waals surface area contributed by atoms with Gasteiger partial charge in [-0.3, -0.25) is 4.72 Å². The molecular weight excluding hydrogens is 312 g/mol. The van der Waals surface area contributed by atoms with Gasteiger partial charge in [-0.1, -0.05) is 11.6 Å². The van der Waals surface area contributed by atoms with Crippen LogP contribution < -0.4 is 9.95 Å². The second-order valence-corrected chi connectivity index (χ2v) is 6.30. The third-order valence-corrected chi connectivity index (χ3v) is 4.60. The lowest BCUT2D eigenvalue weighted by molar-refractivity contribution is 0.571. The van der Waals surface area contributed by atoms with Crippen LogP contribution in [0.25, 0.3) is 0 Å². The van der Waals surface area contributed by atoms with Crippen molar-refractivity contribution in [1.29, 1.82) is 0 Å². The molecule has 98 valence electrons. The number of sulfonamides is 1. The number of benzene rings is 1. The smallest absolute Gasteiger partial charge is 0.266 e. The van der Waals surface area contributed by atoms with Gasteiger partial charge in [-0.15, -0.1) is 11.3 Å². The van der Waals surface area contributed by atoms with Crippen molar-refractivity contribution in [3.63, 3.8) is 0 Å². The molecule has 0 bridgehead atoms. The van der Waals surface area contributed by atoms with Gasteiger partial charge < -0.3 is 5.23 Å². The zero-order chi connectivity index (χ0) is 14.0. The predicted octanol–water partition coefficient (Wildman–Crippen LogP) is 2.23. The molecule has 0 spiro atoms. The maximum absolute atomic E-state index is 13.8. The molecule has 0 amide bonds. The second kappa shape index (κ2) is 5.36. The fourth-order valence-corrected chi connectivity index (χ4v) is 3.45. The van der Waals surface area contributed by atoms with E-state index in [1.165, 1.54) is 6.20 Å². The Morgan fingerprint density at radius 1 is 1.42 bits per heavy atom. The molecule has 1 aromatic carbocycles. The molecule has 0 atom stereocenters. The van der Waals surface area contributed by atoms with Crippen LogP contribution >= 0.6 is 22.9 Å². The molecule has 2 N–H and O–H groups in total. The summed E-state index contributed by atoms with van der Waals surface area (Å²) in [4.78, 5) is 3.18. The Morgan fingerprint density at radius 3 is 2.74 bits per heavy atom. The second-order valence-electron chi connectivity index (χ2n) is 3.35. The molecule has 1 aromatic heterocycles. The normalized spacial score (nSPS) is 11.3. The fraction of sp³-hybridized carbons (Fsp3) is 0. The van der Waals surface area contributed by atoms with E-state index in [-0.39, 0.29) is 15.8 Å². The van der Waals surface area contributed by atoms with Crippen molar-refractivity contribution in [1.82, 2.24) is 4.98 Å². The largest absolute Gasteiger partial charge is 0.436 e. The standard InChI is InChI=1S/C9H6BClFN3O2S2/c10-14-7-4-6(12)8(3-5(7)11)19(16,17)15-9-13-1-2-18-9/h1-4,14H,(H,13,15). The third kappa shape index (κ3) is 2.99. The number of hydrogen-bond acceptors (Lipinski definition) is 5. The highest BCUT2D eigenvalue weighted by Crippen LogP contribution is 2.28. The van der Waals surface area contributed by atoms with Crippen LogP contribution in [0, 0.1) is 5.82 Å². The summed E-state index contributed by atoms with van der Waals surface area (Å²) in [7, 11) is 1.02. The van der Waals surface area contributed by atoms with Crippen LogP contribution in [0.4, 0.5) is 15.2 Å². The molecule has 2 radical (unpaired) electrons. The van der Waals surface area contributed by atoms with E-state index < -0.39 is 20.7 Å². The first-order valence-electron chi connectivity index (χ1n) is 4.82. The van der Waals surface area contributed by atoms with E-state index in [1.807, 2.05) is 0 Å². The number of rotatable bonds is 4. The highest BCUT2D eigenvalue weighted by Gasteiger charge is 2.22. The Hall–Kier alpha value is -1.32. The van der Waals surface area contributed by atoms with Crippen LogP contribution in [-0.2, 0) is 10.0 Å². The van der Waals surface area contributed by atoms with E-state index in [2.05, 4.69) is 14.9 Å². The first-order chi connectivity index (χ1) is 8.94. The van der Waals surface area contributed by atoms with E-state index in [9.17, 15) is 12.8 Å². The lowest BCUT2D eigenvalue weighted by Gasteiger charge is -2.09. The highest BCUT2D eigenvalue weighted by molar-refractivity contribution is 7.93. The first kappa shape index (κ1) is 14.1. The maximum Gasteiger partial charge on any atom is 0.266 e. The summed E-state index contributed by atoms with van der Waals surface area (Å²) in [5.41, 5.74) is 0.0902. The molecule has 10 heteroatoms. The molecule has 0 unspecified atom stereocenters. The number of thiazole rings is 1. The van der Waals surface area contributed by atoms with Crippen molar-refractivity contribution < 1.29 is 12.8 Å². The molecule has 19 heavy (non-hydrogen) atoms. The van der Waals surface area contributed by atoms with Gasteiger partial charge in [0.15, 0.2) is 5.13 Å². The van der Waals surface area contributed by atoms with Crippen LogP contribution in [0.5, 0.6) is 0 Å². The molecule has 5 nitrogen and oxygen atoms in total. The summed E-state index contributed by atoms with van der Waals surface area (Å²) in [5.74, 6) is -0.971. The summed E-state index contributed by atoms with van der Waals surface area (Å²) < 4.78 is 39.9. The van der Waals surface area contributed by atoms with Gasteiger partial charge in [-0.05, 0) is 12.1 Å². The first-order valence-corrected chi connectivity index (χ1v) is 7.56. The number of nitrogens with one attached hydrogen (secondary N) is 2. The van der Waals surface area contributed by atoms with E-state index in [4.69, 9.17) is 19.6 Å². The predicted molar refractivity (Wildman–Crippen MR) is 73.7 cm³/mol. The summed E-state index contributed by atoms with van der Waals surface area (Å²) >= 11 is 6.85. The van der Waals surface area contributed by atoms with E-state index in [0.717, 1.165) is 23.5 Å². The van der Waals surface area contributed by atoms with Crippen LogP contribution in [0.3, 0.4) is 0 Å². The molecule has 0 aliphatic heterocycles. The van der Waals surface area contributed by atoms with Crippen LogP contribution in [0.2, 0.25) is 5.02 Å². The van der Waals surface area contributed by atoms with Gasteiger partial charge in [0, 0.05) is 17.3 Å². The Morgan fingerprint density at radius 2 is 2.16 bits per heavy atom. The van der Waals surface area contributed by atoms with Crippen molar-refractivity contribution in [3.8, 4) is 0 Å². The maximum atomic E-state index is 13.8. The Bertz CT molecular complexity index is 694. The Labute approximate surface area is 119 Å². The monoisotopic (exact) mass is 317 g/mol. The summed E-state index contributed by atoms with van der Waals surface area (Å²) in [6.07, 6.45) is 1.42. The topological polar surface area (TPSA) is 71.1 Å². The molecule has 2 rings (SSSR count). The van der Waals surface area contributed by atoms with Crippen molar-refractivity contribution in [3.05, 3.63) is 34.5 Å². The van der Waals surface area contributed by atoms with Gasteiger partial charge in [0.1, 0.15) is 10.7 Å². The zero-order valence-electron chi connectivity index (χ0n) is 9.22. The van der Waals surface area contributed by atoms with Gasteiger partial charge in [0.05, 0.1) is 5.02 Å². The van der Waals surface area contributed by atoms with Crippen molar-refractivity contribution >= 4 is 51.8 Å². The summed E-state index contributed by atoms with van der Waals surface area (Å²) in [5, 5.41) is 3.87. The minimum absolute atomic E-state index is 0.0107. The van der Waals surface area contributed by atoms with Gasteiger partial charge >= 0.3 is 0 Å². The lowest BCUT2D eigenvalue weighted by Crippen LogP contribution is -2.14. The molecule has 0 saturated carbocycles. The quantitative estimate of drug-likeness (QED) is 0.848. The Balaban J connectivity index is 2.43. The molecule has 1 heterocycles. The molecule has 0 aliphatic rings. The average Bonchev–Trinajstić information content (AvgIpc) is 2.83. The van der Waals surface area contributed by atoms with Gasteiger partial charge in [-0.25, -0.2) is 17.8 Å². The van der Waals surface area contributed by atoms with Gasteiger partial charge in [0.25, 0.3) is 10.0 Å². The van der Waals surface area contributed by atoms with Crippen molar-refractivity contribution in [2.24, 2.45) is 0 Å². The van der Waals surface area contributed by atoms with Crippen molar-refractivity contribution in [2.45, 2.75) is 4.90 Å². The summed E-state index contributed by atoms with van der Waals surface area (Å²) in [6, 6.07) is 1.88. The van der Waals surface area contributed by atoms with Crippen LogP contribution in [0.1, 0.15) is 0 Å². The SMILES string of the molecule is [B]Nc1cc(F)c(S(=O)(=O)Nc2nccs2)cc1Cl. The lowest BCUT2D eigenvalue weighted by atomic mass is 10.2. The molecule has 0 fully saturated rings. The third-order valence-electron chi connectivity index (χ3n) is 2.12. The van der Waals surface area contributed by atoms with E-state index in [0.29, 0.717) is 0 Å². The number of anilines is 2. The van der Waals surface area contributed by atoms with Gasteiger partial charge in [0.2, 0.25) is 7.98 Å². The average molecular weight is 318 g/mol. The van der Waals surface area contributed by atoms with E-state index >= 15 is 0 Å². The number of hydrogen-bond donors (Lipinski definition) is 2.